The van der Waals surface area contributed by atoms with Crippen molar-refractivity contribution in [3.63, 3.8) is 0 Å². The first-order valence-corrected chi connectivity index (χ1v) is 18.0. The van der Waals surface area contributed by atoms with Crippen LogP contribution in [-0.4, -0.2) is 22.9 Å². The summed E-state index contributed by atoms with van der Waals surface area (Å²) in [5.74, 6) is 0.639. The molecule has 35 heavy (non-hydrogen) atoms. The molecule has 0 amide bonds. The van der Waals surface area contributed by atoms with Crippen LogP contribution >= 0.6 is 0 Å². The van der Waals surface area contributed by atoms with Crippen molar-refractivity contribution < 1.29 is 18.0 Å². The van der Waals surface area contributed by atoms with Gasteiger partial charge >= 0.3 is 0 Å². The molecule has 0 heterocycles. The minimum atomic E-state index is -2.14. The van der Waals surface area contributed by atoms with Gasteiger partial charge in [0.05, 0.1) is 0 Å². The summed E-state index contributed by atoms with van der Waals surface area (Å²) in [6, 6.07) is 14.8. The second kappa shape index (κ2) is 9.21. The molecule has 0 unspecified atom stereocenters. The van der Waals surface area contributed by atoms with Crippen molar-refractivity contribution in [1.82, 2.24) is 0 Å². The first kappa shape index (κ1) is 27.1. The van der Waals surface area contributed by atoms with E-state index in [4.69, 9.17) is 8.85 Å². The van der Waals surface area contributed by atoms with Crippen LogP contribution in [0.2, 0.25) is 36.3 Å². The maximum Gasteiger partial charge on any atom is 0.250 e. The summed E-state index contributed by atoms with van der Waals surface area (Å²) < 4.78 is 27.7. The van der Waals surface area contributed by atoms with Gasteiger partial charge in [0, 0.05) is 5.56 Å². The van der Waals surface area contributed by atoms with Crippen molar-refractivity contribution in [3.05, 3.63) is 59.9 Å². The summed E-state index contributed by atoms with van der Waals surface area (Å²) in [5, 5.41) is 1.78. The lowest BCUT2D eigenvalue weighted by atomic mass is 9.98. The Morgan fingerprint density at radius 1 is 0.743 bits per heavy atom. The second-order valence-electron chi connectivity index (χ2n) is 12.4. The van der Waals surface area contributed by atoms with E-state index in [0.29, 0.717) is 11.3 Å². The SMILES string of the molecule is CC(C)(C)[Si](C)(C)Oc1cc(C=O)c2cc(-c3ccc(O[Si](C)(C)C(C)(C)C)c(F)c3)ccc2c1. The number of carbonyl (C=O) groups excluding carboxylic acids is 1. The molecule has 0 aromatic heterocycles. The molecule has 0 radical (unpaired) electrons. The minimum Gasteiger partial charge on any atom is -0.543 e. The molecular weight excluding hydrogens is 471 g/mol. The van der Waals surface area contributed by atoms with E-state index in [2.05, 4.69) is 67.7 Å². The maximum absolute atomic E-state index is 15.0. The van der Waals surface area contributed by atoms with Crippen molar-refractivity contribution in [2.45, 2.75) is 77.8 Å². The van der Waals surface area contributed by atoms with E-state index in [1.807, 2.05) is 36.4 Å². The standard InChI is InChI=1S/C29H39FO3Si2/c1-28(2,3)34(7,8)32-24-15-22-12-11-20(17-25(22)23(16-24)19-31)21-13-14-27(26(30)18-21)33-35(9,10)29(4,5)6/h11-19H,1-10H3. The normalized spacial score (nSPS) is 13.1. The number of benzene rings is 3. The number of halogens is 1. The van der Waals surface area contributed by atoms with E-state index in [-0.39, 0.29) is 15.9 Å². The first-order chi connectivity index (χ1) is 15.9. The Balaban J connectivity index is 1.98. The fraction of sp³-hybridized carbons (Fsp3) is 0.414. The van der Waals surface area contributed by atoms with Gasteiger partial charge in [0.25, 0.3) is 8.32 Å². The highest BCUT2D eigenvalue weighted by Crippen LogP contribution is 2.40. The van der Waals surface area contributed by atoms with Crippen LogP contribution in [-0.2, 0) is 0 Å². The Bertz CT molecular complexity index is 1250. The predicted octanol–water partition coefficient (Wildman–Crippen LogP) is 9.23. The molecule has 0 aliphatic heterocycles. The van der Waals surface area contributed by atoms with Gasteiger partial charge in [-0.25, -0.2) is 4.39 Å². The van der Waals surface area contributed by atoms with Crippen molar-refractivity contribution in [1.29, 1.82) is 0 Å². The van der Waals surface area contributed by atoms with E-state index in [9.17, 15) is 4.79 Å². The molecule has 3 nitrogen and oxygen atoms in total. The van der Waals surface area contributed by atoms with Gasteiger partial charge in [0.1, 0.15) is 11.5 Å². The lowest BCUT2D eigenvalue weighted by molar-refractivity contribution is 0.112. The van der Waals surface area contributed by atoms with E-state index >= 15 is 4.39 Å². The summed E-state index contributed by atoms with van der Waals surface area (Å²) in [4.78, 5) is 12.0. The zero-order chi connectivity index (χ0) is 26.4. The predicted molar refractivity (Wildman–Crippen MR) is 150 cm³/mol. The lowest BCUT2D eigenvalue weighted by Gasteiger charge is -2.36. The lowest BCUT2D eigenvalue weighted by Crippen LogP contribution is -2.44. The third-order valence-corrected chi connectivity index (χ3v) is 16.4. The van der Waals surface area contributed by atoms with Crippen LogP contribution in [0.3, 0.4) is 0 Å². The highest BCUT2D eigenvalue weighted by molar-refractivity contribution is 6.75. The summed E-state index contributed by atoms with van der Waals surface area (Å²) >= 11 is 0. The van der Waals surface area contributed by atoms with Crippen molar-refractivity contribution in [2.24, 2.45) is 0 Å². The summed E-state index contributed by atoms with van der Waals surface area (Å²) in [6.45, 7) is 21.6. The topological polar surface area (TPSA) is 35.5 Å². The van der Waals surface area contributed by atoms with Gasteiger partial charge in [0.15, 0.2) is 12.1 Å². The van der Waals surface area contributed by atoms with E-state index in [1.54, 1.807) is 6.07 Å². The molecule has 0 aliphatic carbocycles. The highest BCUT2D eigenvalue weighted by Gasteiger charge is 2.40. The fourth-order valence-electron chi connectivity index (χ4n) is 3.33. The van der Waals surface area contributed by atoms with Gasteiger partial charge in [-0.15, -0.1) is 0 Å². The number of rotatable bonds is 6. The van der Waals surface area contributed by atoms with E-state index in [0.717, 1.165) is 33.9 Å². The molecule has 0 aliphatic rings. The minimum absolute atomic E-state index is 0.0190. The molecule has 3 rings (SSSR count). The maximum atomic E-state index is 15.0. The number of fused-ring (bicyclic) bond motifs is 1. The molecule has 0 N–H and O–H groups in total. The third-order valence-electron chi connectivity index (χ3n) is 7.70. The van der Waals surface area contributed by atoms with Crippen molar-refractivity contribution >= 4 is 33.7 Å². The van der Waals surface area contributed by atoms with Crippen LogP contribution in [0, 0.1) is 5.82 Å². The third kappa shape index (κ3) is 5.70. The molecule has 188 valence electrons. The summed E-state index contributed by atoms with van der Waals surface area (Å²) in [6.07, 6.45) is 0.862. The smallest absolute Gasteiger partial charge is 0.250 e. The van der Waals surface area contributed by atoms with E-state index < -0.39 is 16.6 Å². The van der Waals surface area contributed by atoms with Gasteiger partial charge in [-0.3, -0.25) is 4.79 Å². The molecule has 0 atom stereocenters. The van der Waals surface area contributed by atoms with Crippen molar-refractivity contribution in [3.8, 4) is 22.6 Å². The Labute approximate surface area is 211 Å². The van der Waals surface area contributed by atoms with Crippen LogP contribution in [0.4, 0.5) is 4.39 Å². The van der Waals surface area contributed by atoms with Gasteiger partial charge < -0.3 is 8.85 Å². The molecule has 3 aromatic rings. The number of carbonyl (C=O) groups is 1. The van der Waals surface area contributed by atoms with Crippen molar-refractivity contribution in [2.75, 3.05) is 0 Å². The van der Waals surface area contributed by atoms with Gasteiger partial charge in [-0.1, -0.05) is 59.7 Å². The fourth-order valence-corrected chi connectivity index (χ4v) is 5.37. The Morgan fingerprint density at radius 2 is 1.29 bits per heavy atom. The van der Waals surface area contributed by atoms with Crippen LogP contribution in [0.5, 0.6) is 11.5 Å². The Morgan fingerprint density at radius 3 is 1.83 bits per heavy atom. The molecule has 0 bridgehead atoms. The Hall–Kier alpha value is -2.45. The molecule has 0 saturated carbocycles. The van der Waals surface area contributed by atoms with Gasteiger partial charge in [-0.2, -0.15) is 0 Å². The zero-order valence-corrected chi connectivity index (χ0v) is 24.8. The molecule has 0 fully saturated rings. The summed E-state index contributed by atoms with van der Waals surface area (Å²) in [5.41, 5.74) is 2.15. The van der Waals surface area contributed by atoms with Crippen LogP contribution in [0.25, 0.3) is 21.9 Å². The van der Waals surface area contributed by atoms with Gasteiger partial charge in [0.2, 0.25) is 8.32 Å². The number of hydrogen-bond acceptors (Lipinski definition) is 3. The quantitative estimate of drug-likeness (QED) is 0.245. The van der Waals surface area contributed by atoms with Gasteiger partial charge in [-0.05, 0) is 88.5 Å². The largest absolute Gasteiger partial charge is 0.543 e. The van der Waals surface area contributed by atoms with Crippen LogP contribution < -0.4 is 8.85 Å². The average Bonchev–Trinajstić information content (AvgIpc) is 2.72. The van der Waals surface area contributed by atoms with E-state index in [1.165, 1.54) is 6.07 Å². The first-order valence-electron chi connectivity index (χ1n) is 12.2. The summed E-state index contributed by atoms with van der Waals surface area (Å²) in [7, 11) is -4.18. The Kier molecular flexibility index (Phi) is 7.14. The molecule has 0 spiro atoms. The second-order valence-corrected chi connectivity index (χ2v) is 21.9. The molecule has 3 aromatic carbocycles. The zero-order valence-electron chi connectivity index (χ0n) is 22.8. The highest BCUT2D eigenvalue weighted by atomic mass is 28.4. The van der Waals surface area contributed by atoms with Crippen LogP contribution in [0.15, 0.2) is 48.5 Å². The molecular formula is C29H39FO3Si2. The monoisotopic (exact) mass is 510 g/mol. The molecule has 0 saturated heterocycles. The molecule has 6 heteroatoms. The van der Waals surface area contributed by atoms with Crippen LogP contribution in [0.1, 0.15) is 51.9 Å². The average molecular weight is 511 g/mol. The number of hydrogen-bond donors (Lipinski definition) is 0. The number of aldehydes is 1.